The van der Waals surface area contributed by atoms with E-state index in [-0.39, 0.29) is 6.04 Å². The smallest absolute Gasteiger partial charge is 0.331 e. The van der Waals surface area contributed by atoms with Gasteiger partial charge in [0, 0.05) is 17.5 Å². The number of hydrogen-bond donors (Lipinski definition) is 2. The number of fused-ring (bicyclic) bond motifs is 2. The topological polar surface area (TPSA) is 91.4 Å². The van der Waals surface area contributed by atoms with E-state index in [9.17, 15) is 14.4 Å². The molecule has 0 bridgehead atoms. The number of nitrogens with zero attached hydrogens (tertiary/aromatic N) is 2. The van der Waals surface area contributed by atoms with Crippen LogP contribution >= 0.6 is 11.6 Å². The maximum atomic E-state index is 13.1. The number of rotatable bonds is 2. The van der Waals surface area contributed by atoms with Gasteiger partial charge in [0.25, 0.3) is 5.91 Å². The Balaban J connectivity index is 1.72. The fourth-order valence-electron chi connectivity index (χ4n) is 4.01. The van der Waals surface area contributed by atoms with Crippen LogP contribution in [0, 0.1) is 0 Å². The molecule has 0 saturated carbocycles. The van der Waals surface area contributed by atoms with Gasteiger partial charge in [-0.05, 0) is 37.8 Å². The average Bonchev–Trinajstić information content (AvgIpc) is 2.93. The minimum Gasteiger partial charge on any atom is -0.331 e. The van der Waals surface area contributed by atoms with Crippen molar-refractivity contribution >= 4 is 29.6 Å². The summed E-state index contributed by atoms with van der Waals surface area (Å²) in [6, 6.07) is 9.31. The lowest BCUT2D eigenvalue weighted by Gasteiger charge is -2.38. The molecule has 4 rings (SSSR count). The normalized spacial score (nSPS) is 22.0. The third-order valence-electron chi connectivity index (χ3n) is 5.36. The van der Waals surface area contributed by atoms with Gasteiger partial charge in [0.1, 0.15) is 0 Å². The standard InChI is InChI=1S/C20H19ClN4O3/c1-12(13-6-3-2-4-7-13)23-18(27)25-19(28)24-17(26)20(25)9-5-8-16-15(20)10-14(21)11-22-16/h2-4,6-7,10-12H,5,8-9H2,1H3,(H,23,27)(H,24,26,28)/t12-,20+/m1/s1. The highest BCUT2D eigenvalue weighted by Crippen LogP contribution is 2.43. The van der Waals surface area contributed by atoms with Crippen LogP contribution in [-0.2, 0) is 16.8 Å². The highest BCUT2D eigenvalue weighted by molar-refractivity contribution is 6.30. The molecule has 0 unspecified atom stereocenters. The SMILES string of the molecule is C[C@@H](NC(=O)N1C(=O)NC(=O)[C@@]12CCCc1ncc(Cl)cc12)c1ccccc1. The molecule has 1 aliphatic carbocycles. The first-order valence-corrected chi connectivity index (χ1v) is 9.47. The van der Waals surface area contributed by atoms with Crippen LogP contribution in [0.5, 0.6) is 0 Å². The number of amides is 5. The maximum absolute atomic E-state index is 13.1. The van der Waals surface area contributed by atoms with Gasteiger partial charge in [0.15, 0.2) is 5.54 Å². The van der Waals surface area contributed by atoms with Crippen LogP contribution in [-0.4, -0.2) is 27.9 Å². The van der Waals surface area contributed by atoms with Gasteiger partial charge in [0.2, 0.25) is 0 Å². The van der Waals surface area contributed by atoms with E-state index in [1.165, 1.54) is 6.20 Å². The molecule has 0 radical (unpaired) electrons. The van der Waals surface area contributed by atoms with Gasteiger partial charge < -0.3 is 5.32 Å². The maximum Gasteiger partial charge on any atom is 0.333 e. The Morgan fingerprint density at radius 3 is 2.82 bits per heavy atom. The van der Waals surface area contributed by atoms with Crippen LogP contribution < -0.4 is 10.6 Å². The molecule has 2 aromatic rings. The number of pyridine rings is 1. The third kappa shape index (κ3) is 2.82. The Hall–Kier alpha value is -2.93. The van der Waals surface area contributed by atoms with Crippen molar-refractivity contribution in [1.29, 1.82) is 0 Å². The molecule has 1 fully saturated rings. The zero-order valence-electron chi connectivity index (χ0n) is 15.2. The number of nitrogens with one attached hydrogen (secondary N) is 2. The lowest BCUT2D eigenvalue weighted by molar-refractivity contribution is -0.127. The molecule has 2 N–H and O–H groups in total. The van der Waals surface area contributed by atoms with E-state index in [1.54, 1.807) is 6.07 Å². The molecule has 1 spiro atoms. The van der Waals surface area contributed by atoms with E-state index in [0.717, 1.165) is 10.5 Å². The minimum atomic E-state index is -1.43. The van der Waals surface area contributed by atoms with Gasteiger partial charge >= 0.3 is 12.1 Å². The van der Waals surface area contributed by atoms with E-state index in [1.807, 2.05) is 37.3 Å². The Labute approximate surface area is 167 Å². The Kier molecular flexibility index (Phi) is 4.55. The van der Waals surface area contributed by atoms with Crippen molar-refractivity contribution in [3.8, 4) is 0 Å². The molecular weight excluding hydrogens is 380 g/mol. The summed E-state index contributed by atoms with van der Waals surface area (Å²) in [7, 11) is 0. The van der Waals surface area contributed by atoms with Crippen molar-refractivity contribution in [1.82, 2.24) is 20.5 Å². The van der Waals surface area contributed by atoms with Crippen molar-refractivity contribution in [3.63, 3.8) is 0 Å². The predicted molar refractivity (Wildman–Crippen MR) is 103 cm³/mol. The fourth-order valence-corrected chi connectivity index (χ4v) is 4.17. The van der Waals surface area contributed by atoms with Gasteiger partial charge in [-0.3, -0.25) is 15.1 Å². The second-order valence-electron chi connectivity index (χ2n) is 7.04. The molecule has 2 atom stereocenters. The van der Waals surface area contributed by atoms with Crippen molar-refractivity contribution in [2.45, 2.75) is 37.8 Å². The predicted octanol–water partition coefficient (Wildman–Crippen LogP) is 3.29. The molecular formula is C20H19ClN4O3. The van der Waals surface area contributed by atoms with E-state index in [2.05, 4.69) is 15.6 Å². The molecule has 1 aromatic carbocycles. The van der Waals surface area contributed by atoms with Gasteiger partial charge in [-0.1, -0.05) is 41.9 Å². The Morgan fingerprint density at radius 1 is 1.32 bits per heavy atom. The Morgan fingerprint density at radius 2 is 2.07 bits per heavy atom. The number of carbonyl (C=O) groups excluding carboxylic acids is 3. The number of urea groups is 2. The van der Waals surface area contributed by atoms with Crippen LogP contribution in [0.2, 0.25) is 5.02 Å². The third-order valence-corrected chi connectivity index (χ3v) is 5.56. The number of carbonyl (C=O) groups is 3. The van der Waals surface area contributed by atoms with E-state index in [0.29, 0.717) is 35.5 Å². The summed E-state index contributed by atoms with van der Waals surface area (Å²) in [4.78, 5) is 43.9. The summed E-state index contributed by atoms with van der Waals surface area (Å²) in [5.74, 6) is -0.523. The van der Waals surface area contributed by atoms with Crippen molar-refractivity contribution < 1.29 is 14.4 Å². The van der Waals surface area contributed by atoms with Gasteiger partial charge in [0.05, 0.1) is 11.1 Å². The summed E-state index contributed by atoms with van der Waals surface area (Å²) in [6.07, 6.45) is 3.12. The van der Waals surface area contributed by atoms with E-state index < -0.39 is 23.5 Å². The van der Waals surface area contributed by atoms with E-state index >= 15 is 0 Å². The summed E-state index contributed by atoms with van der Waals surface area (Å²) in [5, 5.41) is 5.48. The van der Waals surface area contributed by atoms with Crippen LogP contribution in [0.3, 0.4) is 0 Å². The number of aromatic nitrogens is 1. The molecule has 8 heteroatoms. The number of halogens is 1. The highest BCUT2D eigenvalue weighted by atomic mass is 35.5. The van der Waals surface area contributed by atoms with Crippen LogP contribution in [0.4, 0.5) is 9.59 Å². The molecule has 1 aliphatic heterocycles. The van der Waals surface area contributed by atoms with Gasteiger partial charge in [-0.2, -0.15) is 0 Å². The molecule has 5 amide bonds. The number of aryl methyl sites for hydroxylation is 1. The van der Waals surface area contributed by atoms with Crippen LogP contribution in [0.1, 0.15) is 42.6 Å². The summed E-state index contributed by atoms with van der Waals surface area (Å²) in [5.41, 5.74) is 0.652. The summed E-state index contributed by atoms with van der Waals surface area (Å²) in [6.45, 7) is 1.82. The molecule has 7 nitrogen and oxygen atoms in total. The molecule has 2 heterocycles. The summed E-state index contributed by atoms with van der Waals surface area (Å²) < 4.78 is 0. The zero-order valence-corrected chi connectivity index (χ0v) is 16.0. The van der Waals surface area contributed by atoms with Crippen molar-refractivity contribution in [2.75, 3.05) is 0 Å². The van der Waals surface area contributed by atoms with Crippen molar-refractivity contribution in [3.05, 3.63) is 64.4 Å². The van der Waals surface area contributed by atoms with E-state index in [4.69, 9.17) is 11.6 Å². The average molecular weight is 399 g/mol. The molecule has 144 valence electrons. The fraction of sp³-hybridized carbons (Fsp3) is 0.300. The van der Waals surface area contributed by atoms with Gasteiger partial charge in [-0.15, -0.1) is 0 Å². The highest BCUT2D eigenvalue weighted by Gasteiger charge is 2.59. The monoisotopic (exact) mass is 398 g/mol. The number of imide groups is 2. The summed E-state index contributed by atoms with van der Waals surface area (Å²) >= 11 is 6.12. The first kappa shape index (κ1) is 18.4. The van der Waals surface area contributed by atoms with Crippen LogP contribution in [0.15, 0.2) is 42.6 Å². The zero-order chi connectivity index (χ0) is 19.9. The second kappa shape index (κ2) is 6.91. The van der Waals surface area contributed by atoms with Gasteiger partial charge in [-0.25, -0.2) is 14.5 Å². The lowest BCUT2D eigenvalue weighted by atomic mass is 9.77. The molecule has 1 saturated heterocycles. The minimum absolute atomic E-state index is 0.326. The molecule has 1 aromatic heterocycles. The first-order chi connectivity index (χ1) is 13.4. The quantitative estimate of drug-likeness (QED) is 0.759. The Bertz CT molecular complexity index is 965. The molecule has 2 aliphatic rings. The lowest BCUT2D eigenvalue weighted by Crippen LogP contribution is -2.55. The number of benzene rings is 1. The first-order valence-electron chi connectivity index (χ1n) is 9.09. The van der Waals surface area contributed by atoms with Crippen LogP contribution in [0.25, 0.3) is 0 Å². The second-order valence-corrected chi connectivity index (χ2v) is 7.47. The molecule has 28 heavy (non-hydrogen) atoms. The largest absolute Gasteiger partial charge is 0.333 e. The number of hydrogen-bond acceptors (Lipinski definition) is 4. The van der Waals surface area contributed by atoms with Crippen molar-refractivity contribution in [2.24, 2.45) is 0 Å².